The number of aromatic amines is 1. The van der Waals surface area contributed by atoms with Gasteiger partial charge in [0.1, 0.15) is 5.82 Å². The number of rotatable bonds is 4. The molecule has 32 heavy (non-hydrogen) atoms. The number of carbonyl (C=O) groups is 1. The van der Waals surface area contributed by atoms with Gasteiger partial charge in [-0.15, -0.1) is 20.4 Å². The van der Waals surface area contributed by atoms with Crippen LogP contribution in [0.25, 0.3) is 11.4 Å². The van der Waals surface area contributed by atoms with Crippen molar-refractivity contribution in [3.63, 3.8) is 0 Å². The maximum Gasteiger partial charge on any atom is 0.490 e. The number of halogens is 6. The van der Waals surface area contributed by atoms with Crippen molar-refractivity contribution in [1.29, 1.82) is 0 Å². The Morgan fingerprint density at radius 1 is 1.12 bits per heavy atom. The van der Waals surface area contributed by atoms with Gasteiger partial charge in [-0.2, -0.15) is 27.2 Å². The predicted octanol–water partition coefficient (Wildman–Crippen LogP) is 2.40. The highest BCUT2D eigenvalue weighted by Crippen LogP contribution is 2.32. The lowest BCUT2D eigenvalue weighted by Gasteiger charge is -2.28. The Morgan fingerprint density at radius 2 is 1.81 bits per heavy atom. The molecular weight excluding hydrogens is 467 g/mol. The fourth-order valence-electron chi connectivity index (χ4n) is 2.95. The Bertz CT molecular complexity index is 1070. The molecule has 0 unspecified atom stereocenters. The number of tetrazole rings is 1. The van der Waals surface area contributed by atoms with E-state index in [-0.39, 0.29) is 0 Å². The molecule has 1 aromatic carbocycles. The van der Waals surface area contributed by atoms with Crippen LogP contribution in [-0.2, 0) is 29.8 Å². The number of aromatic nitrogens is 7. The fourth-order valence-corrected chi connectivity index (χ4v) is 3.09. The molecule has 0 amide bonds. The maximum atomic E-state index is 13.3. The number of hydrogen-bond donors (Lipinski definition) is 2. The molecule has 4 rings (SSSR count). The summed E-state index contributed by atoms with van der Waals surface area (Å²) in [7, 11) is 0. The van der Waals surface area contributed by atoms with Gasteiger partial charge < -0.3 is 9.67 Å². The number of fused-ring (bicyclic) bond motifs is 1. The SMILES string of the molecule is FC(F)(Cl)c1nnc2n1CCN(Cc1ccccc1-c1nn[nH]n1)C2.O=C(O)C(F)(F)F. The van der Waals surface area contributed by atoms with Crippen molar-refractivity contribution in [2.45, 2.75) is 31.2 Å². The third-order valence-corrected chi connectivity index (χ3v) is 4.49. The standard InChI is InChI=1S/C14H13ClF2N8.C2HF3O2/c15-14(16,17)13-21-18-11-8-24(5-6-25(11)13)7-9-3-1-2-4-10(9)12-19-22-23-20-12;3-2(4,5)1(6)7/h1-4H,5-8H2,(H,19,20,22,23);(H,6,7). The molecule has 3 aromatic rings. The second-order valence-corrected chi connectivity index (χ2v) is 6.97. The highest BCUT2D eigenvalue weighted by molar-refractivity contribution is 6.21. The van der Waals surface area contributed by atoms with Crippen LogP contribution in [0.4, 0.5) is 22.0 Å². The minimum atomic E-state index is -5.08. The van der Waals surface area contributed by atoms with E-state index in [0.717, 1.165) is 11.1 Å². The monoisotopic (exact) mass is 480 g/mol. The lowest BCUT2D eigenvalue weighted by Crippen LogP contribution is -2.35. The highest BCUT2D eigenvalue weighted by atomic mass is 35.5. The van der Waals surface area contributed by atoms with Crippen LogP contribution in [-0.4, -0.2) is 64.1 Å². The lowest BCUT2D eigenvalue weighted by molar-refractivity contribution is -0.192. The third-order valence-electron chi connectivity index (χ3n) is 4.33. The van der Waals surface area contributed by atoms with Crippen molar-refractivity contribution in [2.24, 2.45) is 0 Å². The topological polar surface area (TPSA) is 126 Å². The summed E-state index contributed by atoms with van der Waals surface area (Å²) < 4.78 is 59.8. The smallest absolute Gasteiger partial charge is 0.475 e. The molecule has 0 aliphatic carbocycles. The van der Waals surface area contributed by atoms with Gasteiger partial charge in [-0.25, -0.2) is 4.79 Å². The average molecular weight is 481 g/mol. The van der Waals surface area contributed by atoms with Gasteiger partial charge >= 0.3 is 17.5 Å². The molecule has 16 heteroatoms. The molecule has 0 bridgehead atoms. The van der Waals surface area contributed by atoms with E-state index in [0.29, 0.717) is 37.8 Å². The van der Waals surface area contributed by atoms with E-state index in [1.807, 2.05) is 24.3 Å². The third kappa shape index (κ3) is 5.53. The van der Waals surface area contributed by atoms with Gasteiger partial charge in [0, 0.05) is 25.2 Å². The molecule has 2 N–H and O–H groups in total. The molecule has 10 nitrogen and oxygen atoms in total. The average Bonchev–Trinajstić information content (AvgIpc) is 3.37. The number of carboxylic acids is 1. The Labute approximate surface area is 181 Å². The summed E-state index contributed by atoms with van der Waals surface area (Å²) in [5.74, 6) is -2.28. The maximum absolute atomic E-state index is 13.3. The fraction of sp³-hybridized carbons (Fsp3) is 0.375. The minimum absolute atomic E-state index is 0.352. The van der Waals surface area contributed by atoms with Gasteiger partial charge in [0.2, 0.25) is 11.6 Å². The summed E-state index contributed by atoms with van der Waals surface area (Å²) in [4.78, 5) is 11.0. The van der Waals surface area contributed by atoms with Crippen molar-refractivity contribution >= 4 is 17.6 Å². The molecular formula is C16H14ClF5N8O2. The lowest BCUT2D eigenvalue weighted by atomic mass is 10.1. The van der Waals surface area contributed by atoms with Crippen molar-refractivity contribution in [2.75, 3.05) is 6.54 Å². The molecule has 0 fully saturated rings. The summed E-state index contributed by atoms with van der Waals surface area (Å²) in [5.41, 5.74) is 1.89. The zero-order valence-corrected chi connectivity index (χ0v) is 16.6. The molecule has 0 atom stereocenters. The molecule has 172 valence electrons. The van der Waals surface area contributed by atoms with Gasteiger partial charge in [0.15, 0.2) is 0 Å². The summed E-state index contributed by atoms with van der Waals surface area (Å²) in [5, 5.41) is 25.1. The Kier molecular flexibility index (Phi) is 6.68. The van der Waals surface area contributed by atoms with Crippen LogP contribution in [0.1, 0.15) is 17.2 Å². The Balaban J connectivity index is 0.000000360. The van der Waals surface area contributed by atoms with E-state index in [2.05, 4.69) is 35.7 Å². The highest BCUT2D eigenvalue weighted by Gasteiger charge is 2.38. The summed E-state index contributed by atoms with van der Waals surface area (Å²) in [6, 6.07) is 7.72. The number of benzene rings is 1. The zero-order valence-electron chi connectivity index (χ0n) is 15.9. The van der Waals surface area contributed by atoms with Gasteiger partial charge in [-0.3, -0.25) is 4.90 Å². The minimum Gasteiger partial charge on any atom is -0.475 e. The number of aliphatic carboxylic acids is 1. The second-order valence-electron chi connectivity index (χ2n) is 6.50. The van der Waals surface area contributed by atoms with Gasteiger partial charge in [-0.05, 0) is 22.4 Å². The van der Waals surface area contributed by atoms with E-state index >= 15 is 0 Å². The normalized spacial score (nSPS) is 14.4. The summed E-state index contributed by atoms with van der Waals surface area (Å²) in [6.45, 7) is 1.93. The Morgan fingerprint density at radius 3 is 2.41 bits per heavy atom. The zero-order chi connectivity index (χ0) is 23.5. The number of hydrogen-bond acceptors (Lipinski definition) is 7. The van der Waals surface area contributed by atoms with Gasteiger partial charge in [0.05, 0.1) is 6.54 Å². The van der Waals surface area contributed by atoms with E-state index in [4.69, 9.17) is 21.5 Å². The van der Waals surface area contributed by atoms with Crippen LogP contribution in [0, 0.1) is 0 Å². The van der Waals surface area contributed by atoms with Crippen molar-refractivity contribution in [1.82, 2.24) is 40.3 Å². The van der Waals surface area contributed by atoms with E-state index < -0.39 is 23.4 Å². The van der Waals surface area contributed by atoms with Gasteiger partial charge in [0.25, 0.3) is 0 Å². The van der Waals surface area contributed by atoms with E-state index in [9.17, 15) is 22.0 Å². The predicted molar refractivity (Wildman–Crippen MR) is 97.2 cm³/mol. The molecule has 1 aliphatic rings. The van der Waals surface area contributed by atoms with Crippen molar-refractivity contribution in [3.8, 4) is 11.4 Å². The molecule has 0 radical (unpaired) electrons. The molecule has 1 aliphatic heterocycles. The van der Waals surface area contributed by atoms with Crippen LogP contribution < -0.4 is 0 Å². The van der Waals surface area contributed by atoms with Crippen molar-refractivity contribution < 1.29 is 31.9 Å². The summed E-state index contributed by atoms with van der Waals surface area (Å²) >= 11 is 5.09. The molecule has 3 heterocycles. The van der Waals surface area contributed by atoms with Crippen LogP contribution in [0.3, 0.4) is 0 Å². The largest absolute Gasteiger partial charge is 0.490 e. The number of carboxylic acid groups (broad SMARTS) is 1. The first kappa shape index (κ1) is 23.5. The Hall–Kier alpha value is -3.20. The summed E-state index contributed by atoms with van der Waals surface area (Å²) in [6.07, 6.45) is -5.08. The second kappa shape index (κ2) is 9.12. The van der Waals surface area contributed by atoms with E-state index in [1.54, 1.807) is 0 Å². The van der Waals surface area contributed by atoms with Crippen LogP contribution >= 0.6 is 11.6 Å². The first-order chi connectivity index (χ1) is 15.0. The first-order valence-electron chi connectivity index (χ1n) is 8.80. The number of alkyl halides is 6. The first-order valence-corrected chi connectivity index (χ1v) is 9.18. The number of H-pyrrole nitrogens is 1. The molecule has 0 saturated heterocycles. The van der Waals surface area contributed by atoms with Gasteiger partial charge in [-0.1, -0.05) is 24.3 Å². The molecule has 0 spiro atoms. The van der Waals surface area contributed by atoms with Crippen LogP contribution in [0.15, 0.2) is 24.3 Å². The quantitative estimate of drug-likeness (QED) is 0.431. The number of nitrogens with one attached hydrogen (secondary N) is 1. The van der Waals surface area contributed by atoms with Crippen molar-refractivity contribution in [3.05, 3.63) is 41.5 Å². The molecule has 0 saturated carbocycles. The van der Waals surface area contributed by atoms with E-state index in [1.165, 1.54) is 4.57 Å². The molecule has 2 aromatic heterocycles. The van der Waals surface area contributed by atoms with Crippen LogP contribution in [0.2, 0.25) is 0 Å². The van der Waals surface area contributed by atoms with Crippen LogP contribution in [0.5, 0.6) is 0 Å². The number of nitrogens with zero attached hydrogens (tertiary/aromatic N) is 7.